The van der Waals surface area contributed by atoms with Crippen LogP contribution in [0.25, 0.3) is 0 Å². The number of halogens is 4. The van der Waals surface area contributed by atoms with Gasteiger partial charge in [-0.25, -0.2) is 8.42 Å². The first kappa shape index (κ1) is 20.7. The molecule has 0 saturated carbocycles. The minimum Gasteiger partial charge on any atom is -0.741 e. The molecule has 0 radical (unpaired) electrons. The highest BCUT2D eigenvalue weighted by atomic mass is 127. The minimum absolute atomic E-state index is 0.0617. The summed E-state index contributed by atoms with van der Waals surface area (Å²) in [5.41, 5.74) is -4.31. The van der Waals surface area contributed by atoms with Crippen LogP contribution in [0.4, 0.5) is 13.2 Å². The Bertz CT molecular complexity index is 759. The molecule has 0 unspecified atom stereocenters. The van der Waals surface area contributed by atoms with Crippen LogP contribution in [0.3, 0.4) is 0 Å². The maximum Gasteiger partial charge on any atom is 0.485 e. The van der Waals surface area contributed by atoms with E-state index in [1.807, 2.05) is 12.1 Å². The Morgan fingerprint density at radius 1 is 1.04 bits per heavy atom. The molecule has 0 saturated heterocycles. The maximum absolute atomic E-state index is 10.7. The molecule has 0 aromatic heterocycles. The first-order valence-corrected chi connectivity index (χ1v) is 9.97. The lowest BCUT2D eigenvalue weighted by atomic mass is 10.2. The van der Waals surface area contributed by atoms with E-state index in [-0.39, 0.29) is 21.2 Å². The van der Waals surface area contributed by atoms with E-state index in [0.717, 1.165) is 5.75 Å². The summed E-state index contributed by atoms with van der Waals surface area (Å²) in [5, 5.41) is 0. The normalized spacial score (nSPS) is 11.4. The van der Waals surface area contributed by atoms with Gasteiger partial charge in [-0.1, -0.05) is 12.1 Å². The monoisotopic (exact) mass is 474 g/mol. The smallest absolute Gasteiger partial charge is 0.485 e. The van der Waals surface area contributed by atoms with Gasteiger partial charge in [0.2, 0.25) is 0 Å². The zero-order valence-corrected chi connectivity index (χ0v) is 15.6. The lowest BCUT2D eigenvalue weighted by Crippen LogP contribution is -3.61. The van der Waals surface area contributed by atoms with Gasteiger partial charge < -0.3 is 9.29 Å². The number of aryl methyl sites for hydroxylation is 1. The number of hydrogen-bond donors (Lipinski definition) is 0. The standard InChI is InChI=1S/C14H14IO.CHF3O3S/c1-11-4-3-5-13(10-11)15-12-6-8-14(16-2)9-7-12;2-1(3,4)8(5,6)7/h3-10H,1-2H3;(H,5,6,7)/q+1;/p-1. The van der Waals surface area contributed by atoms with Gasteiger partial charge in [-0.05, 0) is 48.9 Å². The summed E-state index contributed by atoms with van der Waals surface area (Å²) in [6.45, 7) is 2.14. The molecule has 9 heteroatoms. The van der Waals surface area contributed by atoms with Crippen LogP contribution in [0, 0.1) is 14.1 Å². The van der Waals surface area contributed by atoms with Gasteiger partial charge in [0.15, 0.2) is 17.3 Å². The minimum atomic E-state index is -6.09. The average Bonchev–Trinajstić information content (AvgIpc) is 2.47. The SMILES string of the molecule is COc1ccc([I+]c2cccc(C)c2)cc1.O=S(=O)([O-])C(F)(F)F. The molecule has 4 nitrogen and oxygen atoms in total. The van der Waals surface area contributed by atoms with Gasteiger partial charge in [0.1, 0.15) is 5.75 Å². The molecule has 0 fully saturated rings. The molecular weight excluding hydrogens is 460 g/mol. The van der Waals surface area contributed by atoms with Crippen molar-refractivity contribution >= 4 is 10.1 Å². The molecule has 0 heterocycles. The highest BCUT2D eigenvalue weighted by Gasteiger charge is 2.36. The first-order chi connectivity index (χ1) is 11.0. The summed E-state index contributed by atoms with van der Waals surface area (Å²) in [4.78, 5) is 0. The summed E-state index contributed by atoms with van der Waals surface area (Å²) >= 11 is -0.0617. The second-order valence-corrected chi connectivity index (χ2v) is 8.85. The fourth-order valence-corrected chi connectivity index (χ4v) is 3.90. The molecule has 0 aliphatic carbocycles. The summed E-state index contributed by atoms with van der Waals surface area (Å²) in [5.74, 6) is 0.928. The molecular formula is C15H14F3IO4S. The van der Waals surface area contributed by atoms with Crippen molar-refractivity contribution < 1.29 is 52.1 Å². The van der Waals surface area contributed by atoms with Crippen molar-refractivity contribution in [3.63, 3.8) is 0 Å². The third kappa shape index (κ3) is 7.05. The molecule has 24 heavy (non-hydrogen) atoms. The van der Waals surface area contributed by atoms with Crippen molar-refractivity contribution in [1.29, 1.82) is 0 Å². The van der Waals surface area contributed by atoms with Crippen molar-refractivity contribution in [3.8, 4) is 5.75 Å². The zero-order chi connectivity index (χ0) is 18.4. The molecule has 0 atom stereocenters. The van der Waals surface area contributed by atoms with Gasteiger partial charge in [0.05, 0.1) is 7.11 Å². The lowest BCUT2D eigenvalue weighted by Gasteiger charge is -2.08. The number of methoxy groups -OCH3 is 1. The van der Waals surface area contributed by atoms with E-state index in [0.29, 0.717) is 0 Å². The number of alkyl halides is 3. The average molecular weight is 474 g/mol. The Morgan fingerprint density at radius 3 is 2.00 bits per heavy atom. The van der Waals surface area contributed by atoms with Crippen LogP contribution in [0.15, 0.2) is 48.5 Å². The Balaban J connectivity index is 0.000000307. The van der Waals surface area contributed by atoms with E-state index < -0.39 is 15.6 Å². The molecule has 0 N–H and O–H groups in total. The number of hydrogen-bond acceptors (Lipinski definition) is 4. The van der Waals surface area contributed by atoms with Crippen LogP contribution in [0.1, 0.15) is 5.56 Å². The second kappa shape index (κ2) is 8.67. The summed E-state index contributed by atoms with van der Waals surface area (Å²) in [6, 6.07) is 17.1. The first-order valence-electron chi connectivity index (χ1n) is 6.40. The highest BCUT2D eigenvalue weighted by molar-refractivity contribution is 7.86. The number of rotatable bonds is 3. The molecule has 0 bridgehead atoms. The van der Waals surface area contributed by atoms with E-state index in [2.05, 4.69) is 43.3 Å². The van der Waals surface area contributed by atoms with Crippen LogP contribution in [-0.4, -0.2) is 25.6 Å². The molecule has 0 spiro atoms. The van der Waals surface area contributed by atoms with Crippen LogP contribution in [-0.2, 0) is 10.1 Å². The third-order valence-corrected chi connectivity index (χ3v) is 5.73. The maximum atomic E-state index is 10.7. The summed E-state index contributed by atoms with van der Waals surface area (Å²) in [6.07, 6.45) is 0. The van der Waals surface area contributed by atoms with Crippen molar-refractivity contribution in [2.45, 2.75) is 12.4 Å². The van der Waals surface area contributed by atoms with Gasteiger partial charge in [-0.3, -0.25) is 0 Å². The Labute approximate surface area is 148 Å². The van der Waals surface area contributed by atoms with E-state index in [4.69, 9.17) is 17.7 Å². The van der Waals surface area contributed by atoms with E-state index in [1.165, 1.54) is 12.7 Å². The quantitative estimate of drug-likeness (QED) is 0.362. The van der Waals surface area contributed by atoms with Crippen molar-refractivity contribution in [1.82, 2.24) is 0 Å². The predicted octanol–water partition coefficient (Wildman–Crippen LogP) is 0.183. The van der Waals surface area contributed by atoms with E-state index >= 15 is 0 Å². The van der Waals surface area contributed by atoms with E-state index in [9.17, 15) is 13.2 Å². The van der Waals surface area contributed by atoms with Crippen LogP contribution in [0.2, 0.25) is 0 Å². The molecule has 0 amide bonds. The zero-order valence-electron chi connectivity index (χ0n) is 12.7. The van der Waals surface area contributed by atoms with E-state index in [1.54, 1.807) is 7.11 Å². The Hall–Kier alpha value is -1.33. The van der Waals surface area contributed by atoms with Crippen LogP contribution in [0.5, 0.6) is 5.75 Å². The molecule has 2 aromatic carbocycles. The van der Waals surface area contributed by atoms with Crippen molar-refractivity contribution in [3.05, 3.63) is 61.2 Å². The van der Waals surface area contributed by atoms with Crippen molar-refractivity contribution in [2.75, 3.05) is 7.11 Å². The largest absolute Gasteiger partial charge is 0.741 e. The molecule has 2 rings (SSSR count). The summed E-state index contributed by atoms with van der Waals surface area (Å²) in [7, 11) is -4.39. The second-order valence-electron chi connectivity index (χ2n) is 4.45. The highest BCUT2D eigenvalue weighted by Crippen LogP contribution is 2.20. The molecule has 0 aliphatic rings. The Kier molecular flexibility index (Phi) is 7.49. The summed E-state index contributed by atoms with van der Waals surface area (Å²) < 4.78 is 66.9. The van der Waals surface area contributed by atoms with Crippen LogP contribution < -0.4 is 25.9 Å². The number of ether oxygens (including phenoxy) is 1. The van der Waals surface area contributed by atoms with Gasteiger partial charge >= 0.3 is 26.7 Å². The van der Waals surface area contributed by atoms with Gasteiger partial charge in [-0.15, -0.1) is 0 Å². The molecule has 0 aliphatic heterocycles. The topological polar surface area (TPSA) is 66.4 Å². The molecule has 132 valence electrons. The van der Waals surface area contributed by atoms with Gasteiger partial charge in [-0.2, -0.15) is 13.2 Å². The van der Waals surface area contributed by atoms with Crippen LogP contribution >= 0.6 is 0 Å². The Morgan fingerprint density at radius 2 is 1.58 bits per heavy atom. The fourth-order valence-electron chi connectivity index (χ4n) is 1.42. The molecule has 2 aromatic rings. The van der Waals surface area contributed by atoms with Gasteiger partial charge in [0.25, 0.3) is 0 Å². The third-order valence-electron chi connectivity index (χ3n) is 2.53. The fraction of sp³-hybridized carbons (Fsp3) is 0.200. The van der Waals surface area contributed by atoms with Gasteiger partial charge in [0, 0.05) is 0 Å². The predicted molar refractivity (Wildman–Crippen MR) is 77.3 cm³/mol. The van der Waals surface area contributed by atoms with Crippen molar-refractivity contribution in [2.24, 2.45) is 0 Å². The number of benzene rings is 2. The lowest BCUT2D eigenvalue weighted by molar-refractivity contribution is -0.597.